The van der Waals surface area contributed by atoms with Crippen LogP contribution in [0.25, 0.3) is 11.0 Å². The third-order valence-electron chi connectivity index (χ3n) is 5.88. The molecule has 1 atom stereocenters. The van der Waals surface area contributed by atoms with Gasteiger partial charge in [0.25, 0.3) is 0 Å². The Kier molecular flexibility index (Phi) is 7.35. The summed E-state index contributed by atoms with van der Waals surface area (Å²) in [6.45, 7) is 0.555. The van der Waals surface area contributed by atoms with E-state index in [1.807, 2.05) is 0 Å². The fraction of sp³-hybridized carbons (Fsp3) is 0.286. The SMILES string of the molecule is C[N]([Rb])C(=O)c1c(O)c2ncc(Cc3ccc(F)cc3)c3c2n(c1=O)CC([CH2][RaH])C3. The Hall–Kier alpha value is 0.0527. The number of nitrogens with zero attached hydrogens (tertiary/aromatic N) is 3. The Labute approximate surface area is 242 Å². The summed E-state index contributed by atoms with van der Waals surface area (Å²) in [5.74, 6) is -0.681. The van der Waals surface area contributed by atoms with Crippen LogP contribution in [-0.4, -0.2) is 82.3 Å². The Morgan fingerprint density at radius 2 is 2.10 bits per heavy atom. The van der Waals surface area contributed by atoms with Crippen molar-refractivity contribution in [3.63, 3.8) is 0 Å². The van der Waals surface area contributed by atoms with Gasteiger partial charge in [-0.2, -0.15) is 0 Å². The molecule has 0 aliphatic carbocycles. The molecule has 0 saturated heterocycles. The molecule has 0 spiro atoms. The van der Waals surface area contributed by atoms with Gasteiger partial charge in [-0.1, -0.05) is 0 Å². The first-order chi connectivity index (χ1) is 14.3. The molecule has 1 aliphatic heterocycles. The quantitative estimate of drug-likeness (QED) is 0.454. The molecule has 0 radical (unpaired) electrons. The third kappa shape index (κ3) is 4.31. The Morgan fingerprint density at radius 1 is 1.40 bits per heavy atom. The molecule has 1 N–H and O–H groups in total. The minimum absolute atomic E-state index is 0.126. The van der Waals surface area contributed by atoms with Crippen molar-refractivity contribution in [2.24, 2.45) is 5.92 Å². The van der Waals surface area contributed by atoms with Gasteiger partial charge >= 0.3 is 247 Å². The van der Waals surface area contributed by atoms with Gasteiger partial charge in [0, 0.05) is 0 Å². The molecule has 4 rings (SSSR count). The van der Waals surface area contributed by atoms with E-state index in [-0.39, 0.29) is 73.2 Å². The fourth-order valence-electron chi connectivity index (χ4n) is 4.17. The second-order valence-electron chi connectivity index (χ2n) is 8.08. The van der Waals surface area contributed by atoms with Crippen LogP contribution in [0, 0.1) is 54.5 Å². The van der Waals surface area contributed by atoms with Crippen LogP contribution in [0.3, 0.4) is 0 Å². The van der Waals surface area contributed by atoms with Crippen molar-refractivity contribution in [2.45, 2.75) is 20.8 Å². The third-order valence-corrected chi connectivity index (χ3v) is 11.6. The number of carbonyl (C=O) groups is 1. The molecule has 6 nitrogen and oxygen atoms in total. The van der Waals surface area contributed by atoms with Crippen molar-refractivity contribution in [1.29, 1.82) is 0 Å². The van der Waals surface area contributed by atoms with E-state index in [1.54, 1.807) is 29.9 Å². The number of benzene rings is 1. The molecule has 0 bridgehead atoms. The second-order valence-corrected chi connectivity index (χ2v) is 14.7. The molecule has 1 aromatic carbocycles. The van der Waals surface area contributed by atoms with Crippen molar-refractivity contribution in [3.8, 4) is 5.75 Å². The zero-order valence-corrected chi connectivity index (χ0v) is 30.4. The molecule has 30 heavy (non-hydrogen) atoms. The van der Waals surface area contributed by atoms with E-state index in [0.717, 1.165) is 24.6 Å². The summed E-state index contributed by atoms with van der Waals surface area (Å²) >= 11 is 0.184. The molecular formula is C21H19FN3O3RaRb. The van der Waals surface area contributed by atoms with Crippen LogP contribution in [0.1, 0.15) is 27.0 Å². The van der Waals surface area contributed by atoms with Gasteiger partial charge in [-0.05, 0) is 0 Å². The monoisotopic (exact) mass is 691 g/mol. The molecule has 1 aliphatic rings. The van der Waals surface area contributed by atoms with Crippen molar-refractivity contribution in [3.05, 3.63) is 68.9 Å². The van der Waals surface area contributed by atoms with Crippen LogP contribution in [0.15, 0.2) is 35.3 Å². The molecule has 3 aromatic rings. The van der Waals surface area contributed by atoms with Gasteiger partial charge in [0.1, 0.15) is 0 Å². The Bertz CT molecular complexity index is 1210. The molecule has 3 heterocycles. The van der Waals surface area contributed by atoms with Crippen LogP contribution in [-0.2, 0) is 19.4 Å². The number of carbonyl (C=O) groups excluding carboxylic acids is 1. The average Bonchev–Trinajstić information content (AvgIpc) is 2.73. The number of halogens is 1. The number of pyridine rings is 2. The van der Waals surface area contributed by atoms with Gasteiger partial charge in [-0.15, -0.1) is 0 Å². The zero-order valence-electron chi connectivity index (χ0n) is 17.3. The van der Waals surface area contributed by atoms with Gasteiger partial charge in [-0.25, -0.2) is 0 Å². The molecule has 0 fully saturated rings. The molecule has 146 valence electrons. The van der Waals surface area contributed by atoms with Crippen LogP contribution in [0.5, 0.6) is 5.75 Å². The van der Waals surface area contributed by atoms with E-state index >= 15 is 0 Å². The number of amides is 1. The van der Waals surface area contributed by atoms with Crippen LogP contribution < -0.4 is 5.56 Å². The van der Waals surface area contributed by atoms with Crippen molar-refractivity contribution in [2.75, 3.05) is 7.05 Å². The molecular weight excluding hydrogens is 673 g/mol. The first kappa shape index (κ1) is 23.2. The number of hydrogen-bond acceptors (Lipinski definition) is 4. The van der Waals surface area contributed by atoms with Crippen LogP contribution in [0.4, 0.5) is 4.39 Å². The normalized spacial score (nSPS) is 15.4. The van der Waals surface area contributed by atoms with Crippen molar-refractivity contribution in [1.82, 2.24) is 8.20 Å². The summed E-state index contributed by atoms with van der Waals surface area (Å²) < 4.78 is 17.6. The maximum absolute atomic E-state index is 13.3. The summed E-state index contributed by atoms with van der Waals surface area (Å²) in [5.41, 5.74) is 3.29. The Balaban J connectivity index is 1.96. The molecule has 2 aromatic heterocycles. The zero-order chi connectivity index (χ0) is 21.6. The van der Waals surface area contributed by atoms with E-state index in [2.05, 4.69) is 4.98 Å². The van der Waals surface area contributed by atoms with Crippen LogP contribution >= 0.6 is 0 Å². The fourth-order valence-corrected chi connectivity index (χ4v) is 6.97. The molecule has 9 heteroatoms. The summed E-state index contributed by atoms with van der Waals surface area (Å²) in [5, 5.41) is 10.8. The van der Waals surface area contributed by atoms with E-state index in [9.17, 15) is 19.1 Å². The molecule has 0 saturated carbocycles. The van der Waals surface area contributed by atoms with E-state index in [0.29, 0.717) is 72.7 Å². The first-order valence-electron chi connectivity index (χ1n) is 10.0. The van der Waals surface area contributed by atoms with E-state index < -0.39 is 11.5 Å². The summed E-state index contributed by atoms with van der Waals surface area (Å²) in [4.78, 5) is 30.4. The minimum atomic E-state index is -0.434. The maximum atomic E-state index is 13.3. The Morgan fingerprint density at radius 3 is 2.73 bits per heavy atom. The van der Waals surface area contributed by atoms with Gasteiger partial charge in [-0.3, -0.25) is 0 Å². The second kappa shape index (κ2) is 9.50. The van der Waals surface area contributed by atoms with Crippen LogP contribution in [0.2, 0.25) is 1.46 Å². The van der Waals surface area contributed by atoms with Crippen molar-refractivity contribution >= 4 is 73.0 Å². The van der Waals surface area contributed by atoms with Gasteiger partial charge < -0.3 is 0 Å². The van der Waals surface area contributed by atoms with Gasteiger partial charge in [0.15, 0.2) is 0 Å². The molecule has 1 amide bonds. The summed E-state index contributed by atoms with van der Waals surface area (Å²) in [6, 6.07) is 6.37. The topological polar surface area (TPSA) is 75.4 Å². The predicted octanol–water partition coefficient (Wildman–Crippen LogP) is 1.86. The first-order valence-corrected chi connectivity index (χ1v) is 18.0. The predicted molar refractivity (Wildman–Crippen MR) is 108 cm³/mol. The number of hydrogen-bond donors (Lipinski definition) is 1. The molecule has 1 unspecified atom stereocenters. The average molecular weight is 692 g/mol. The number of rotatable bonds is 4. The summed E-state index contributed by atoms with van der Waals surface area (Å²) in [7, 11) is 1.65. The number of aromatic nitrogens is 2. The standard InChI is InChI=1S/C21H19FN3O3.Ra.Rb.H/c1-11-7-15-13(8-12-3-5-14(22)6-4-12)9-24-17-18(15)25(10-11)21(28)16(19(17)26)20(27)23-2;;;/h3-6,9,11H,1,7-8,10H2,2H3,(H2,23,26,27,28);;;/q;;+1;/p-1. The number of aromatic hydroxyl groups is 1. The van der Waals surface area contributed by atoms with E-state index in [1.165, 1.54) is 10.8 Å². The van der Waals surface area contributed by atoms with Gasteiger partial charge in [0.2, 0.25) is 0 Å². The summed E-state index contributed by atoms with van der Waals surface area (Å²) in [6.07, 6.45) is 3.12. The van der Waals surface area contributed by atoms with Gasteiger partial charge in [0.05, 0.1) is 0 Å². The van der Waals surface area contributed by atoms with Crippen molar-refractivity contribution < 1.29 is 57.1 Å². The van der Waals surface area contributed by atoms with E-state index in [4.69, 9.17) is 0 Å².